The summed E-state index contributed by atoms with van der Waals surface area (Å²) in [6.07, 6.45) is -0.678. The van der Waals surface area contributed by atoms with Crippen molar-refractivity contribution in [3.63, 3.8) is 0 Å². The van der Waals surface area contributed by atoms with Gasteiger partial charge >= 0.3 is 0 Å². The minimum atomic E-state index is -0.678. The zero-order valence-corrected chi connectivity index (χ0v) is 11.2. The highest BCUT2D eigenvalue weighted by molar-refractivity contribution is 6.33. The van der Waals surface area contributed by atoms with Gasteiger partial charge in [-0.25, -0.2) is 0 Å². The van der Waals surface area contributed by atoms with Gasteiger partial charge in [0, 0.05) is 18.7 Å². The predicted molar refractivity (Wildman–Crippen MR) is 78.0 cm³/mol. The third-order valence-corrected chi connectivity index (χ3v) is 3.15. The van der Waals surface area contributed by atoms with E-state index < -0.39 is 11.0 Å². The molecule has 0 amide bonds. The zero-order valence-electron chi connectivity index (χ0n) is 10.5. The second-order valence-electron chi connectivity index (χ2n) is 4.23. The first-order chi connectivity index (χ1) is 9.58. The van der Waals surface area contributed by atoms with Crippen molar-refractivity contribution in [2.24, 2.45) is 0 Å². The molecule has 104 valence electrons. The normalized spacial score (nSPS) is 11.9. The second-order valence-corrected chi connectivity index (χ2v) is 4.64. The number of benzene rings is 2. The molecule has 2 aromatic rings. The van der Waals surface area contributed by atoms with Gasteiger partial charge in [0.1, 0.15) is 0 Å². The lowest BCUT2D eigenvalue weighted by atomic mass is 10.1. The van der Waals surface area contributed by atoms with Gasteiger partial charge in [-0.05, 0) is 11.6 Å². The molecule has 0 bridgehead atoms. The van der Waals surface area contributed by atoms with Crippen molar-refractivity contribution in [2.45, 2.75) is 6.10 Å². The Morgan fingerprint density at radius 3 is 2.55 bits per heavy atom. The van der Waals surface area contributed by atoms with Crippen LogP contribution in [0, 0.1) is 10.1 Å². The van der Waals surface area contributed by atoms with Crippen LogP contribution in [-0.4, -0.2) is 16.6 Å². The first kappa shape index (κ1) is 14.3. The number of hydrogen-bond acceptors (Lipinski definition) is 4. The summed E-state index contributed by atoms with van der Waals surface area (Å²) in [7, 11) is 0. The highest BCUT2D eigenvalue weighted by Gasteiger charge is 2.11. The van der Waals surface area contributed by atoms with Gasteiger partial charge in [0.25, 0.3) is 5.69 Å². The third kappa shape index (κ3) is 3.46. The number of hydrogen-bond donors (Lipinski definition) is 2. The van der Waals surface area contributed by atoms with E-state index in [1.54, 1.807) is 0 Å². The Morgan fingerprint density at radius 2 is 1.95 bits per heavy atom. The Balaban J connectivity index is 2.02. The van der Waals surface area contributed by atoms with Gasteiger partial charge in [0.05, 0.1) is 21.7 Å². The molecule has 0 spiro atoms. The average molecular weight is 293 g/mol. The molecule has 2 rings (SSSR count). The number of aliphatic hydroxyl groups is 1. The number of nitrogens with zero attached hydrogens (tertiary/aromatic N) is 1. The van der Waals surface area contributed by atoms with E-state index in [4.69, 9.17) is 11.6 Å². The van der Waals surface area contributed by atoms with Crippen molar-refractivity contribution in [3.8, 4) is 0 Å². The SMILES string of the molecule is O=[N+]([O-])c1ccc(NCC(O)c2ccccc2)c(Cl)c1. The van der Waals surface area contributed by atoms with E-state index in [2.05, 4.69) is 5.32 Å². The van der Waals surface area contributed by atoms with E-state index in [1.807, 2.05) is 30.3 Å². The number of non-ortho nitro benzene ring substituents is 1. The van der Waals surface area contributed by atoms with E-state index in [1.165, 1.54) is 18.2 Å². The minimum Gasteiger partial charge on any atom is -0.387 e. The lowest BCUT2D eigenvalue weighted by molar-refractivity contribution is -0.384. The van der Waals surface area contributed by atoms with Crippen LogP contribution in [0.15, 0.2) is 48.5 Å². The lowest BCUT2D eigenvalue weighted by Gasteiger charge is -2.13. The molecule has 0 saturated carbocycles. The molecule has 1 atom stereocenters. The van der Waals surface area contributed by atoms with Crippen LogP contribution in [0.2, 0.25) is 5.02 Å². The molecule has 2 aromatic carbocycles. The molecule has 0 heterocycles. The van der Waals surface area contributed by atoms with E-state index in [9.17, 15) is 15.2 Å². The van der Waals surface area contributed by atoms with Gasteiger partial charge in [0.2, 0.25) is 0 Å². The topological polar surface area (TPSA) is 75.4 Å². The highest BCUT2D eigenvalue weighted by atomic mass is 35.5. The van der Waals surface area contributed by atoms with Crippen molar-refractivity contribution < 1.29 is 10.0 Å². The molecular formula is C14H13ClN2O3. The predicted octanol–water partition coefficient (Wildman–Crippen LogP) is 3.39. The molecule has 0 aliphatic carbocycles. The molecule has 5 nitrogen and oxygen atoms in total. The molecule has 0 aliphatic rings. The smallest absolute Gasteiger partial charge is 0.271 e. The monoisotopic (exact) mass is 292 g/mol. The maximum Gasteiger partial charge on any atom is 0.271 e. The van der Waals surface area contributed by atoms with Gasteiger partial charge < -0.3 is 10.4 Å². The van der Waals surface area contributed by atoms with Crippen molar-refractivity contribution in [3.05, 3.63) is 69.2 Å². The Hall–Kier alpha value is -2.11. The van der Waals surface area contributed by atoms with Crippen LogP contribution in [0.1, 0.15) is 11.7 Å². The maximum atomic E-state index is 10.6. The summed E-state index contributed by atoms with van der Waals surface area (Å²) in [4.78, 5) is 10.1. The van der Waals surface area contributed by atoms with Crippen LogP contribution in [0.5, 0.6) is 0 Å². The summed E-state index contributed by atoms with van der Waals surface area (Å²) in [5, 5.41) is 23.8. The number of anilines is 1. The quantitative estimate of drug-likeness (QED) is 0.654. The van der Waals surface area contributed by atoms with Crippen LogP contribution in [-0.2, 0) is 0 Å². The second kappa shape index (κ2) is 6.36. The van der Waals surface area contributed by atoms with Crippen molar-refractivity contribution in [1.29, 1.82) is 0 Å². The number of nitrogens with one attached hydrogen (secondary N) is 1. The average Bonchev–Trinajstić information content (AvgIpc) is 2.46. The van der Waals surface area contributed by atoms with Gasteiger partial charge in [-0.2, -0.15) is 0 Å². The Labute approximate surface area is 121 Å². The van der Waals surface area contributed by atoms with Crippen LogP contribution >= 0.6 is 11.6 Å². The fraction of sp³-hybridized carbons (Fsp3) is 0.143. The first-order valence-corrected chi connectivity index (χ1v) is 6.36. The van der Waals surface area contributed by atoms with E-state index >= 15 is 0 Å². The Bertz CT molecular complexity index is 605. The fourth-order valence-electron chi connectivity index (χ4n) is 1.76. The summed E-state index contributed by atoms with van der Waals surface area (Å²) < 4.78 is 0. The fourth-order valence-corrected chi connectivity index (χ4v) is 2.00. The number of halogens is 1. The molecule has 0 aliphatic heterocycles. The standard InChI is InChI=1S/C14H13ClN2O3/c15-12-8-11(17(19)20)6-7-13(12)16-9-14(18)10-4-2-1-3-5-10/h1-8,14,16,18H,9H2. The largest absolute Gasteiger partial charge is 0.387 e. The minimum absolute atomic E-state index is 0.0656. The Morgan fingerprint density at radius 1 is 1.25 bits per heavy atom. The van der Waals surface area contributed by atoms with Gasteiger partial charge in [0.15, 0.2) is 0 Å². The highest BCUT2D eigenvalue weighted by Crippen LogP contribution is 2.27. The lowest BCUT2D eigenvalue weighted by Crippen LogP contribution is -2.12. The van der Waals surface area contributed by atoms with Crippen molar-refractivity contribution in [2.75, 3.05) is 11.9 Å². The van der Waals surface area contributed by atoms with E-state index in [0.717, 1.165) is 5.56 Å². The van der Waals surface area contributed by atoms with Crippen LogP contribution in [0.3, 0.4) is 0 Å². The summed E-state index contributed by atoms with van der Waals surface area (Å²) in [6, 6.07) is 13.4. The number of aliphatic hydroxyl groups excluding tert-OH is 1. The number of nitro groups is 1. The van der Waals surface area contributed by atoms with Gasteiger partial charge in [-0.1, -0.05) is 41.9 Å². The van der Waals surface area contributed by atoms with Gasteiger partial charge in [-0.15, -0.1) is 0 Å². The zero-order chi connectivity index (χ0) is 14.5. The molecular weight excluding hydrogens is 280 g/mol. The van der Waals surface area contributed by atoms with Gasteiger partial charge in [-0.3, -0.25) is 10.1 Å². The molecule has 1 unspecified atom stereocenters. The van der Waals surface area contributed by atoms with E-state index in [0.29, 0.717) is 5.69 Å². The third-order valence-electron chi connectivity index (χ3n) is 2.83. The summed E-state index contributed by atoms with van der Waals surface area (Å²) in [5.41, 5.74) is 1.27. The first-order valence-electron chi connectivity index (χ1n) is 5.99. The van der Waals surface area contributed by atoms with E-state index in [-0.39, 0.29) is 17.3 Å². The molecule has 2 N–H and O–H groups in total. The summed E-state index contributed by atoms with van der Waals surface area (Å²) in [6.45, 7) is 0.265. The van der Waals surface area contributed by atoms with Crippen molar-refractivity contribution >= 4 is 23.0 Å². The Kier molecular flexibility index (Phi) is 4.55. The summed E-state index contributed by atoms with van der Waals surface area (Å²) >= 11 is 5.95. The molecule has 20 heavy (non-hydrogen) atoms. The van der Waals surface area contributed by atoms with Crippen LogP contribution in [0.25, 0.3) is 0 Å². The molecule has 0 fully saturated rings. The van der Waals surface area contributed by atoms with Crippen molar-refractivity contribution in [1.82, 2.24) is 0 Å². The number of rotatable bonds is 5. The van der Waals surface area contributed by atoms with Crippen LogP contribution in [0.4, 0.5) is 11.4 Å². The summed E-state index contributed by atoms with van der Waals surface area (Å²) in [5.74, 6) is 0. The maximum absolute atomic E-state index is 10.6. The molecule has 0 radical (unpaired) electrons. The number of nitro benzene ring substituents is 1. The molecule has 0 saturated heterocycles. The molecule has 0 aromatic heterocycles. The molecule has 6 heteroatoms. The van der Waals surface area contributed by atoms with Crippen LogP contribution < -0.4 is 5.32 Å².